The fourth-order valence-electron chi connectivity index (χ4n) is 3.48. The highest BCUT2D eigenvalue weighted by atomic mass is 79.9. The number of nitro benzene ring substituents is 1. The van der Waals surface area contributed by atoms with Gasteiger partial charge in [0.1, 0.15) is 6.61 Å². The Morgan fingerprint density at radius 1 is 1.00 bits per heavy atom. The molecule has 0 saturated carbocycles. The van der Waals surface area contributed by atoms with E-state index in [2.05, 4.69) is 15.9 Å². The summed E-state index contributed by atoms with van der Waals surface area (Å²) in [5.41, 5.74) is 2.17. The number of non-ortho nitro benzene ring substituents is 1. The Morgan fingerprint density at radius 2 is 1.78 bits per heavy atom. The van der Waals surface area contributed by atoms with Crippen LogP contribution in [0.4, 0.5) is 10.5 Å². The molecule has 0 atom stereocenters. The summed E-state index contributed by atoms with van der Waals surface area (Å²) in [4.78, 5) is 37.5. The molecule has 2 amide bonds. The molecule has 1 aliphatic rings. The minimum Gasteiger partial charge on any atom is -0.490 e. The molecule has 0 unspecified atom stereocenters. The van der Waals surface area contributed by atoms with Gasteiger partial charge in [-0.15, -0.1) is 0 Å². The second-order valence-electron chi connectivity index (χ2n) is 7.75. The summed E-state index contributed by atoms with van der Waals surface area (Å²) in [5, 5.41) is 10.7. The van der Waals surface area contributed by atoms with Gasteiger partial charge in [0.05, 0.1) is 23.0 Å². The first kappa shape index (κ1) is 25.5. The molecule has 0 aromatic heterocycles. The Balaban J connectivity index is 1.49. The number of nitro groups is 1. The maximum absolute atomic E-state index is 12.9. The lowest BCUT2D eigenvalue weighted by Crippen LogP contribution is -2.27. The molecule has 1 aliphatic heterocycles. The summed E-state index contributed by atoms with van der Waals surface area (Å²) in [6.07, 6.45) is 1.65. The SMILES string of the molecule is CCOc1cc(/C=C2\SC(=O)N(Cc3ccc(Br)cc3)C2=O)ccc1OCc1cccc([N+](=O)[O-])c1. The zero-order valence-corrected chi connectivity index (χ0v) is 21.6. The van der Waals surface area contributed by atoms with Gasteiger partial charge in [0.25, 0.3) is 16.8 Å². The monoisotopic (exact) mass is 568 g/mol. The highest BCUT2D eigenvalue weighted by molar-refractivity contribution is 9.10. The van der Waals surface area contributed by atoms with Crippen LogP contribution < -0.4 is 9.47 Å². The van der Waals surface area contributed by atoms with Crippen LogP contribution in [0.15, 0.2) is 76.1 Å². The highest BCUT2D eigenvalue weighted by Crippen LogP contribution is 2.35. The van der Waals surface area contributed by atoms with E-state index < -0.39 is 4.92 Å². The summed E-state index contributed by atoms with van der Waals surface area (Å²) in [6.45, 7) is 2.55. The zero-order chi connectivity index (χ0) is 25.7. The van der Waals surface area contributed by atoms with Crippen LogP contribution in [0, 0.1) is 10.1 Å². The van der Waals surface area contributed by atoms with Gasteiger partial charge in [-0.3, -0.25) is 24.6 Å². The number of carbonyl (C=O) groups excluding carboxylic acids is 2. The van der Waals surface area contributed by atoms with Crippen molar-refractivity contribution in [3.05, 3.63) is 103 Å². The molecule has 0 radical (unpaired) electrons. The van der Waals surface area contributed by atoms with E-state index in [0.717, 1.165) is 21.8 Å². The molecule has 1 saturated heterocycles. The number of benzene rings is 3. The van der Waals surface area contributed by atoms with Crippen LogP contribution in [0.2, 0.25) is 0 Å². The van der Waals surface area contributed by atoms with Crippen LogP contribution in [-0.2, 0) is 17.9 Å². The molecule has 8 nitrogen and oxygen atoms in total. The maximum atomic E-state index is 12.9. The minimum absolute atomic E-state index is 0.00874. The molecule has 4 rings (SSSR count). The Morgan fingerprint density at radius 3 is 2.50 bits per heavy atom. The van der Waals surface area contributed by atoms with E-state index in [1.807, 2.05) is 31.2 Å². The molecule has 3 aromatic rings. The number of carbonyl (C=O) groups is 2. The van der Waals surface area contributed by atoms with Crippen molar-refractivity contribution in [2.45, 2.75) is 20.1 Å². The third-order valence-corrected chi connectivity index (χ3v) is 6.64. The van der Waals surface area contributed by atoms with E-state index >= 15 is 0 Å². The predicted octanol–water partition coefficient (Wildman–Crippen LogP) is 6.57. The second kappa shape index (κ2) is 11.4. The van der Waals surface area contributed by atoms with E-state index in [9.17, 15) is 19.7 Å². The van der Waals surface area contributed by atoms with Crippen molar-refractivity contribution in [1.82, 2.24) is 4.90 Å². The first-order chi connectivity index (χ1) is 17.3. The molecule has 0 spiro atoms. The number of nitrogens with zero attached hydrogens (tertiary/aromatic N) is 2. The average molecular weight is 569 g/mol. The number of rotatable bonds is 9. The highest BCUT2D eigenvalue weighted by Gasteiger charge is 2.35. The molecular formula is C26H21BrN2O6S. The molecule has 0 N–H and O–H groups in total. The average Bonchev–Trinajstić information content (AvgIpc) is 3.12. The van der Waals surface area contributed by atoms with Crippen LogP contribution >= 0.6 is 27.7 Å². The molecule has 10 heteroatoms. The molecule has 1 heterocycles. The number of imide groups is 1. The molecule has 0 aliphatic carbocycles. The quantitative estimate of drug-likeness (QED) is 0.163. The van der Waals surface area contributed by atoms with E-state index in [0.29, 0.717) is 34.1 Å². The topological polar surface area (TPSA) is 99.0 Å². The number of hydrogen-bond donors (Lipinski definition) is 0. The fraction of sp³-hybridized carbons (Fsp3) is 0.154. The van der Waals surface area contributed by atoms with Gasteiger partial charge in [-0.1, -0.05) is 46.3 Å². The van der Waals surface area contributed by atoms with E-state index in [1.165, 1.54) is 17.0 Å². The summed E-state index contributed by atoms with van der Waals surface area (Å²) in [5.74, 6) is 0.575. The van der Waals surface area contributed by atoms with Gasteiger partial charge in [0.15, 0.2) is 11.5 Å². The molecule has 36 heavy (non-hydrogen) atoms. The standard InChI is InChI=1S/C26H21BrN2O6S/c1-2-34-23-13-18(8-11-22(23)35-16-19-4-3-5-21(12-19)29(32)33)14-24-25(30)28(26(31)36-24)15-17-6-9-20(27)10-7-17/h3-14H,2,15-16H2,1H3/b24-14-. The van der Waals surface area contributed by atoms with Crippen molar-refractivity contribution in [2.75, 3.05) is 6.61 Å². The first-order valence-corrected chi connectivity index (χ1v) is 12.6. The number of amides is 2. The van der Waals surface area contributed by atoms with Gasteiger partial charge in [0.2, 0.25) is 0 Å². The summed E-state index contributed by atoms with van der Waals surface area (Å²) in [6, 6.07) is 18.9. The molecule has 1 fully saturated rings. The van der Waals surface area contributed by atoms with Crippen LogP contribution in [0.3, 0.4) is 0 Å². The fourth-order valence-corrected chi connectivity index (χ4v) is 4.59. The summed E-state index contributed by atoms with van der Waals surface area (Å²) >= 11 is 4.27. The second-order valence-corrected chi connectivity index (χ2v) is 9.66. The van der Waals surface area contributed by atoms with Gasteiger partial charge in [-0.05, 0) is 65.7 Å². The minimum atomic E-state index is -0.454. The molecule has 0 bridgehead atoms. The third kappa shape index (κ3) is 6.13. The normalized spacial score (nSPS) is 14.4. The summed E-state index contributed by atoms with van der Waals surface area (Å²) in [7, 11) is 0. The molecule has 3 aromatic carbocycles. The zero-order valence-electron chi connectivity index (χ0n) is 19.2. The lowest BCUT2D eigenvalue weighted by molar-refractivity contribution is -0.384. The largest absolute Gasteiger partial charge is 0.490 e. The Labute approximate surface area is 220 Å². The van der Waals surface area contributed by atoms with Gasteiger partial charge in [0, 0.05) is 16.6 Å². The lowest BCUT2D eigenvalue weighted by Gasteiger charge is -2.13. The number of halogens is 1. The van der Waals surface area contributed by atoms with Gasteiger partial charge < -0.3 is 9.47 Å². The van der Waals surface area contributed by atoms with Crippen molar-refractivity contribution in [1.29, 1.82) is 0 Å². The molecular weight excluding hydrogens is 548 g/mol. The number of hydrogen-bond acceptors (Lipinski definition) is 7. The Hall–Kier alpha value is -3.63. The maximum Gasteiger partial charge on any atom is 0.293 e. The van der Waals surface area contributed by atoms with Gasteiger partial charge in [-0.2, -0.15) is 0 Å². The van der Waals surface area contributed by atoms with E-state index in [1.54, 1.807) is 36.4 Å². The number of thioether (sulfide) groups is 1. The van der Waals surface area contributed by atoms with Crippen molar-refractivity contribution < 1.29 is 24.0 Å². The van der Waals surface area contributed by atoms with Crippen LogP contribution in [0.1, 0.15) is 23.6 Å². The van der Waals surface area contributed by atoms with E-state index in [-0.39, 0.29) is 30.0 Å². The van der Waals surface area contributed by atoms with Crippen LogP contribution in [-0.4, -0.2) is 27.6 Å². The van der Waals surface area contributed by atoms with Crippen molar-refractivity contribution in [2.24, 2.45) is 0 Å². The number of ether oxygens (including phenoxy) is 2. The lowest BCUT2D eigenvalue weighted by atomic mass is 10.1. The Bertz CT molecular complexity index is 1340. The van der Waals surface area contributed by atoms with E-state index in [4.69, 9.17) is 9.47 Å². The Kier molecular flexibility index (Phi) is 8.07. The summed E-state index contributed by atoms with van der Waals surface area (Å²) < 4.78 is 12.5. The van der Waals surface area contributed by atoms with Crippen molar-refractivity contribution in [3.8, 4) is 11.5 Å². The first-order valence-electron chi connectivity index (χ1n) is 11.0. The van der Waals surface area contributed by atoms with Crippen molar-refractivity contribution >= 4 is 50.6 Å². The van der Waals surface area contributed by atoms with Gasteiger partial charge >= 0.3 is 0 Å². The molecule has 184 valence electrons. The third-order valence-electron chi connectivity index (χ3n) is 5.21. The predicted molar refractivity (Wildman–Crippen MR) is 141 cm³/mol. The van der Waals surface area contributed by atoms with Crippen molar-refractivity contribution in [3.63, 3.8) is 0 Å². The smallest absolute Gasteiger partial charge is 0.293 e. The van der Waals surface area contributed by atoms with Crippen LogP contribution in [0.5, 0.6) is 11.5 Å². The van der Waals surface area contributed by atoms with Crippen LogP contribution in [0.25, 0.3) is 6.08 Å². The van der Waals surface area contributed by atoms with Gasteiger partial charge in [-0.25, -0.2) is 0 Å².